The Morgan fingerprint density at radius 3 is 2.27 bits per heavy atom. The van der Waals surface area contributed by atoms with Gasteiger partial charge in [-0.25, -0.2) is 4.79 Å². The first kappa shape index (κ1) is 20.6. The molecule has 2 amide bonds. The van der Waals surface area contributed by atoms with Gasteiger partial charge in [-0.3, -0.25) is 9.59 Å². The Bertz CT molecular complexity index is 1080. The SMILES string of the molecule is CCC(=O)Nc1ccc(Oc2ccccc2NC(=O)c2ccccc2)cc1C(=O)O. The molecule has 3 rings (SSSR count). The summed E-state index contributed by atoms with van der Waals surface area (Å²) in [4.78, 5) is 35.7. The number of amides is 2. The van der Waals surface area contributed by atoms with E-state index < -0.39 is 5.97 Å². The van der Waals surface area contributed by atoms with Crippen molar-refractivity contribution in [2.75, 3.05) is 10.6 Å². The van der Waals surface area contributed by atoms with Gasteiger partial charge in [0.05, 0.1) is 16.9 Å². The van der Waals surface area contributed by atoms with Gasteiger partial charge >= 0.3 is 5.97 Å². The van der Waals surface area contributed by atoms with Crippen LogP contribution in [0.5, 0.6) is 11.5 Å². The van der Waals surface area contributed by atoms with E-state index in [4.69, 9.17) is 4.74 Å². The van der Waals surface area contributed by atoms with Crippen LogP contribution in [0.2, 0.25) is 0 Å². The molecular weight excluding hydrogens is 384 g/mol. The van der Waals surface area contributed by atoms with Crippen LogP contribution in [-0.4, -0.2) is 22.9 Å². The Morgan fingerprint density at radius 1 is 0.867 bits per heavy atom. The summed E-state index contributed by atoms with van der Waals surface area (Å²) < 4.78 is 5.83. The third-order valence-corrected chi connectivity index (χ3v) is 4.22. The molecule has 0 radical (unpaired) electrons. The summed E-state index contributed by atoms with van der Waals surface area (Å²) >= 11 is 0. The minimum absolute atomic E-state index is 0.0971. The predicted molar refractivity (Wildman–Crippen MR) is 113 cm³/mol. The van der Waals surface area contributed by atoms with Gasteiger partial charge in [-0.2, -0.15) is 0 Å². The number of carbonyl (C=O) groups is 3. The molecule has 152 valence electrons. The van der Waals surface area contributed by atoms with Crippen LogP contribution in [0.3, 0.4) is 0 Å². The van der Waals surface area contributed by atoms with Gasteiger partial charge in [0.15, 0.2) is 5.75 Å². The van der Waals surface area contributed by atoms with E-state index >= 15 is 0 Å². The number of benzene rings is 3. The van der Waals surface area contributed by atoms with E-state index in [9.17, 15) is 19.5 Å². The summed E-state index contributed by atoms with van der Waals surface area (Å²) in [5.74, 6) is -1.18. The number of ether oxygens (including phenoxy) is 1. The largest absolute Gasteiger partial charge is 0.478 e. The molecule has 30 heavy (non-hydrogen) atoms. The van der Waals surface area contributed by atoms with E-state index in [2.05, 4.69) is 10.6 Å². The Kier molecular flexibility index (Phi) is 6.44. The predicted octanol–water partition coefficient (Wildman–Crippen LogP) is 4.78. The van der Waals surface area contributed by atoms with Gasteiger partial charge in [-0.15, -0.1) is 0 Å². The van der Waals surface area contributed by atoms with Crippen LogP contribution >= 0.6 is 0 Å². The number of rotatable bonds is 7. The highest BCUT2D eigenvalue weighted by molar-refractivity contribution is 6.05. The van der Waals surface area contributed by atoms with Crippen molar-refractivity contribution >= 4 is 29.2 Å². The van der Waals surface area contributed by atoms with Crippen LogP contribution in [0.1, 0.15) is 34.1 Å². The van der Waals surface area contributed by atoms with Crippen LogP contribution in [0, 0.1) is 0 Å². The number of hydrogen-bond donors (Lipinski definition) is 3. The number of carboxylic acids is 1. The summed E-state index contributed by atoms with van der Waals surface area (Å²) in [6.45, 7) is 1.67. The minimum atomic E-state index is -1.20. The summed E-state index contributed by atoms with van der Waals surface area (Å²) in [5.41, 5.74) is 1.02. The monoisotopic (exact) mass is 404 g/mol. The fourth-order valence-corrected chi connectivity index (χ4v) is 2.68. The number of para-hydroxylation sites is 2. The molecule has 0 unspecified atom stereocenters. The summed E-state index contributed by atoms with van der Waals surface area (Å²) in [7, 11) is 0. The number of nitrogens with one attached hydrogen (secondary N) is 2. The normalized spacial score (nSPS) is 10.2. The van der Waals surface area contributed by atoms with Gasteiger partial charge < -0.3 is 20.5 Å². The first-order valence-electron chi connectivity index (χ1n) is 9.28. The molecule has 0 aliphatic carbocycles. The zero-order valence-corrected chi connectivity index (χ0v) is 16.2. The van der Waals surface area contributed by atoms with Crippen LogP contribution in [0.25, 0.3) is 0 Å². The van der Waals surface area contributed by atoms with Crippen LogP contribution < -0.4 is 15.4 Å². The maximum atomic E-state index is 12.5. The zero-order chi connectivity index (χ0) is 21.5. The van der Waals surface area contributed by atoms with Crippen molar-refractivity contribution in [2.45, 2.75) is 13.3 Å². The molecule has 0 aliphatic heterocycles. The molecular formula is C23H20N2O5. The van der Waals surface area contributed by atoms with E-state index in [1.807, 2.05) is 6.07 Å². The number of anilines is 2. The van der Waals surface area contributed by atoms with Crippen molar-refractivity contribution in [3.05, 3.63) is 83.9 Å². The lowest BCUT2D eigenvalue weighted by atomic mass is 10.1. The van der Waals surface area contributed by atoms with Crippen molar-refractivity contribution in [3.8, 4) is 11.5 Å². The van der Waals surface area contributed by atoms with Crippen LogP contribution in [0.15, 0.2) is 72.8 Å². The van der Waals surface area contributed by atoms with Crippen molar-refractivity contribution < 1.29 is 24.2 Å². The molecule has 7 heteroatoms. The molecule has 0 aliphatic rings. The van der Waals surface area contributed by atoms with Gasteiger partial charge in [0.1, 0.15) is 5.75 Å². The molecule has 0 aromatic heterocycles. The second-order valence-electron chi connectivity index (χ2n) is 6.33. The Balaban J connectivity index is 1.84. The first-order valence-corrected chi connectivity index (χ1v) is 9.28. The third-order valence-electron chi connectivity index (χ3n) is 4.22. The lowest BCUT2D eigenvalue weighted by Crippen LogP contribution is -2.13. The van der Waals surface area contributed by atoms with Gasteiger partial charge in [-0.05, 0) is 42.5 Å². The fourth-order valence-electron chi connectivity index (χ4n) is 2.68. The van der Waals surface area contributed by atoms with Gasteiger partial charge in [0.25, 0.3) is 5.91 Å². The zero-order valence-electron chi connectivity index (χ0n) is 16.2. The lowest BCUT2D eigenvalue weighted by Gasteiger charge is -2.14. The van der Waals surface area contributed by atoms with Crippen molar-refractivity contribution in [1.82, 2.24) is 0 Å². The average Bonchev–Trinajstić information content (AvgIpc) is 2.76. The highest BCUT2D eigenvalue weighted by atomic mass is 16.5. The van der Waals surface area contributed by atoms with Crippen LogP contribution in [0.4, 0.5) is 11.4 Å². The highest BCUT2D eigenvalue weighted by Crippen LogP contribution is 2.32. The molecule has 0 heterocycles. The number of carbonyl (C=O) groups excluding carboxylic acids is 2. The Labute approximate surface area is 173 Å². The molecule has 0 atom stereocenters. The summed E-state index contributed by atoms with van der Waals surface area (Å²) in [6.07, 6.45) is 0.228. The van der Waals surface area contributed by atoms with Crippen molar-refractivity contribution in [3.63, 3.8) is 0 Å². The molecule has 0 fully saturated rings. The van der Waals surface area contributed by atoms with Gasteiger partial charge in [0.2, 0.25) is 5.91 Å². The van der Waals surface area contributed by atoms with E-state index in [1.165, 1.54) is 12.1 Å². The second kappa shape index (κ2) is 9.38. The summed E-state index contributed by atoms with van der Waals surface area (Å²) in [5, 5.41) is 14.8. The van der Waals surface area contributed by atoms with Crippen molar-refractivity contribution in [2.24, 2.45) is 0 Å². The van der Waals surface area contributed by atoms with E-state index in [-0.39, 0.29) is 35.2 Å². The van der Waals surface area contributed by atoms with Crippen LogP contribution in [-0.2, 0) is 4.79 Å². The van der Waals surface area contributed by atoms with Gasteiger partial charge in [0, 0.05) is 12.0 Å². The molecule has 0 saturated carbocycles. The highest BCUT2D eigenvalue weighted by Gasteiger charge is 2.15. The third kappa shape index (κ3) is 5.02. The quantitative estimate of drug-likeness (QED) is 0.526. The number of carboxylic acid groups (broad SMARTS) is 1. The Hall–Kier alpha value is -4.13. The van der Waals surface area contributed by atoms with E-state index in [0.29, 0.717) is 17.0 Å². The molecule has 3 N–H and O–H groups in total. The second-order valence-corrected chi connectivity index (χ2v) is 6.33. The minimum Gasteiger partial charge on any atom is -0.478 e. The maximum absolute atomic E-state index is 12.5. The van der Waals surface area contributed by atoms with E-state index in [0.717, 1.165) is 0 Å². The molecule has 3 aromatic rings. The molecule has 3 aromatic carbocycles. The molecule has 7 nitrogen and oxygen atoms in total. The standard InChI is InChI=1S/C23H20N2O5/c1-2-21(26)24-18-13-12-16(14-17(18)23(28)29)30-20-11-7-6-10-19(20)25-22(27)15-8-4-3-5-9-15/h3-14H,2H2,1H3,(H,24,26)(H,25,27)(H,28,29). The van der Waals surface area contributed by atoms with Crippen molar-refractivity contribution in [1.29, 1.82) is 0 Å². The average molecular weight is 404 g/mol. The first-order chi connectivity index (χ1) is 14.5. The topological polar surface area (TPSA) is 105 Å². The molecule has 0 bridgehead atoms. The Morgan fingerprint density at radius 2 is 1.57 bits per heavy atom. The maximum Gasteiger partial charge on any atom is 0.337 e. The number of hydrogen-bond acceptors (Lipinski definition) is 4. The fraction of sp³-hybridized carbons (Fsp3) is 0.0870. The number of aromatic carboxylic acids is 1. The molecule has 0 saturated heterocycles. The lowest BCUT2D eigenvalue weighted by molar-refractivity contribution is -0.115. The summed E-state index contributed by atoms with van der Waals surface area (Å²) in [6, 6.07) is 19.9. The molecule has 0 spiro atoms. The van der Waals surface area contributed by atoms with E-state index in [1.54, 1.807) is 61.5 Å². The van der Waals surface area contributed by atoms with Gasteiger partial charge in [-0.1, -0.05) is 37.3 Å². The smallest absolute Gasteiger partial charge is 0.337 e.